The quantitative estimate of drug-likeness (QED) is 0.0315. The van der Waals surface area contributed by atoms with Gasteiger partial charge in [-0.1, -0.05) is 134 Å². The average Bonchev–Trinajstić information content (AvgIpc) is 3.04. The molecule has 0 saturated heterocycles. The molecule has 2 unspecified atom stereocenters. The van der Waals surface area contributed by atoms with Gasteiger partial charge in [0.15, 0.2) is 0 Å². The fourth-order valence-corrected chi connectivity index (χ4v) is 5.02. The minimum absolute atomic E-state index is 0.111. The SMILES string of the molecule is CCCCCCC(O)C/C=C\CCCCCCCC(=O)O.CCCCCCCC/C=C\CCCCCCCC(=O)OCC(O)CO. The van der Waals surface area contributed by atoms with E-state index in [9.17, 15) is 14.7 Å². The lowest BCUT2D eigenvalue weighted by Gasteiger charge is -2.08. The summed E-state index contributed by atoms with van der Waals surface area (Å²) in [5, 5.41) is 36.0. The largest absolute Gasteiger partial charge is 0.481 e. The number of carbonyl (C=O) groups excluding carboxylic acids is 1. The van der Waals surface area contributed by atoms with Crippen LogP contribution in [0.15, 0.2) is 24.3 Å². The van der Waals surface area contributed by atoms with Gasteiger partial charge in [-0.25, -0.2) is 0 Å². The normalized spacial score (nSPS) is 12.7. The van der Waals surface area contributed by atoms with Crippen LogP contribution in [0, 0.1) is 0 Å². The van der Waals surface area contributed by atoms with E-state index in [0.717, 1.165) is 77.0 Å². The third-order valence-corrected chi connectivity index (χ3v) is 8.02. The van der Waals surface area contributed by atoms with Gasteiger partial charge in [-0.2, -0.15) is 0 Å². The number of aliphatic carboxylic acids is 1. The summed E-state index contributed by atoms with van der Waals surface area (Å²) in [6.45, 7) is 3.97. The molecule has 4 N–H and O–H groups in total. The van der Waals surface area contributed by atoms with Gasteiger partial charge in [0.25, 0.3) is 0 Å². The molecule has 0 fully saturated rings. The molecular weight excluding hydrogens is 580 g/mol. The number of carboxylic acids is 1. The highest BCUT2D eigenvalue weighted by molar-refractivity contribution is 5.69. The molecule has 7 heteroatoms. The zero-order valence-electron chi connectivity index (χ0n) is 30.0. The number of unbranched alkanes of at least 4 members (excludes halogenated alkanes) is 19. The molecule has 7 nitrogen and oxygen atoms in total. The van der Waals surface area contributed by atoms with Crippen LogP contribution in [-0.2, 0) is 14.3 Å². The molecule has 0 spiro atoms. The summed E-state index contributed by atoms with van der Waals surface area (Å²) < 4.78 is 4.86. The number of aliphatic hydroxyl groups is 3. The molecule has 0 aliphatic carbocycles. The predicted molar refractivity (Wildman–Crippen MR) is 192 cm³/mol. The van der Waals surface area contributed by atoms with Crippen molar-refractivity contribution >= 4 is 11.9 Å². The van der Waals surface area contributed by atoms with Crippen molar-refractivity contribution in [2.45, 2.75) is 199 Å². The van der Waals surface area contributed by atoms with Crippen molar-refractivity contribution in [1.82, 2.24) is 0 Å². The Kier molecular flexibility index (Phi) is 39.8. The van der Waals surface area contributed by atoms with Crippen molar-refractivity contribution in [3.05, 3.63) is 24.3 Å². The number of carbonyl (C=O) groups is 2. The second-order valence-corrected chi connectivity index (χ2v) is 12.8. The molecule has 0 amide bonds. The van der Waals surface area contributed by atoms with Crippen LogP contribution < -0.4 is 0 Å². The Morgan fingerprint density at radius 1 is 0.565 bits per heavy atom. The summed E-state index contributed by atoms with van der Waals surface area (Å²) in [6.07, 6.45) is 37.4. The lowest BCUT2D eigenvalue weighted by atomic mass is 10.1. The van der Waals surface area contributed by atoms with Gasteiger partial charge in [0, 0.05) is 12.8 Å². The molecule has 0 bridgehead atoms. The highest BCUT2D eigenvalue weighted by Crippen LogP contribution is 2.12. The van der Waals surface area contributed by atoms with Crippen LogP contribution in [0.2, 0.25) is 0 Å². The molecule has 0 heterocycles. The maximum absolute atomic E-state index is 11.4. The predicted octanol–water partition coefficient (Wildman–Crippen LogP) is 10.00. The van der Waals surface area contributed by atoms with Crippen LogP contribution in [0.4, 0.5) is 0 Å². The summed E-state index contributed by atoms with van der Waals surface area (Å²) in [7, 11) is 0. The molecule has 0 aromatic heterocycles. The van der Waals surface area contributed by atoms with Gasteiger partial charge in [-0.05, 0) is 64.2 Å². The number of hydrogen-bond acceptors (Lipinski definition) is 6. The smallest absolute Gasteiger partial charge is 0.305 e. The third kappa shape index (κ3) is 42.3. The first-order chi connectivity index (χ1) is 22.4. The van der Waals surface area contributed by atoms with Crippen LogP contribution in [0.1, 0.15) is 187 Å². The highest BCUT2D eigenvalue weighted by Gasteiger charge is 2.07. The topological polar surface area (TPSA) is 124 Å². The first-order valence-electron chi connectivity index (χ1n) is 19.0. The fourth-order valence-electron chi connectivity index (χ4n) is 5.02. The van der Waals surface area contributed by atoms with Gasteiger partial charge >= 0.3 is 11.9 Å². The molecule has 0 aromatic carbocycles. The second-order valence-electron chi connectivity index (χ2n) is 12.8. The van der Waals surface area contributed by atoms with Crippen molar-refractivity contribution in [1.29, 1.82) is 0 Å². The van der Waals surface area contributed by atoms with Crippen LogP contribution in [-0.4, -0.2) is 57.8 Å². The Balaban J connectivity index is 0. The second kappa shape index (κ2) is 39.5. The van der Waals surface area contributed by atoms with E-state index in [1.54, 1.807) is 0 Å². The Hall–Kier alpha value is -1.70. The van der Waals surface area contributed by atoms with Crippen molar-refractivity contribution in [2.24, 2.45) is 0 Å². The zero-order valence-corrected chi connectivity index (χ0v) is 30.0. The molecular formula is C39H74O7. The maximum Gasteiger partial charge on any atom is 0.305 e. The molecule has 46 heavy (non-hydrogen) atoms. The van der Waals surface area contributed by atoms with E-state index in [2.05, 4.69) is 38.2 Å². The lowest BCUT2D eigenvalue weighted by Crippen LogP contribution is -2.21. The van der Waals surface area contributed by atoms with Gasteiger partial charge in [0.2, 0.25) is 0 Å². The van der Waals surface area contributed by atoms with E-state index in [0.29, 0.717) is 12.8 Å². The van der Waals surface area contributed by atoms with Crippen LogP contribution in [0.5, 0.6) is 0 Å². The van der Waals surface area contributed by atoms with E-state index >= 15 is 0 Å². The zero-order chi connectivity index (χ0) is 34.4. The van der Waals surface area contributed by atoms with Crippen molar-refractivity contribution < 1.29 is 34.8 Å². The maximum atomic E-state index is 11.4. The van der Waals surface area contributed by atoms with E-state index < -0.39 is 12.1 Å². The van der Waals surface area contributed by atoms with Crippen molar-refractivity contribution in [3.8, 4) is 0 Å². The Morgan fingerprint density at radius 3 is 1.50 bits per heavy atom. The van der Waals surface area contributed by atoms with Crippen LogP contribution in [0.25, 0.3) is 0 Å². The number of ether oxygens (including phenoxy) is 1. The van der Waals surface area contributed by atoms with Crippen molar-refractivity contribution in [3.63, 3.8) is 0 Å². The van der Waals surface area contributed by atoms with E-state index in [1.165, 1.54) is 83.5 Å². The first-order valence-corrected chi connectivity index (χ1v) is 19.0. The molecule has 0 saturated carbocycles. The fraction of sp³-hybridized carbons (Fsp3) is 0.846. The van der Waals surface area contributed by atoms with Crippen LogP contribution >= 0.6 is 0 Å². The number of carboxylic acid groups (broad SMARTS) is 1. The minimum Gasteiger partial charge on any atom is -0.481 e. The van der Waals surface area contributed by atoms with E-state index in [1.807, 2.05) is 0 Å². The number of allylic oxidation sites excluding steroid dienone is 3. The summed E-state index contributed by atoms with van der Waals surface area (Å²) in [6, 6.07) is 0. The third-order valence-electron chi connectivity index (χ3n) is 8.02. The minimum atomic E-state index is -0.960. The Morgan fingerprint density at radius 2 is 1.00 bits per heavy atom. The van der Waals surface area contributed by atoms with Crippen LogP contribution in [0.3, 0.4) is 0 Å². The average molecular weight is 655 g/mol. The summed E-state index contributed by atoms with van der Waals surface area (Å²) in [5.74, 6) is -0.976. The van der Waals surface area contributed by atoms with Crippen molar-refractivity contribution in [2.75, 3.05) is 13.2 Å². The van der Waals surface area contributed by atoms with Gasteiger partial charge in [-0.15, -0.1) is 0 Å². The molecule has 0 aromatic rings. The number of rotatable bonds is 33. The first kappa shape index (κ1) is 46.4. The molecule has 0 aliphatic heterocycles. The summed E-state index contributed by atoms with van der Waals surface area (Å²) in [5.41, 5.74) is 0. The Bertz CT molecular complexity index is 692. The number of esters is 1. The number of hydrogen-bond donors (Lipinski definition) is 4. The molecule has 2 atom stereocenters. The monoisotopic (exact) mass is 655 g/mol. The highest BCUT2D eigenvalue weighted by atomic mass is 16.5. The Labute approximate surface area is 283 Å². The molecule has 272 valence electrons. The molecule has 0 rings (SSSR count). The summed E-state index contributed by atoms with van der Waals surface area (Å²) in [4.78, 5) is 21.7. The van der Waals surface area contributed by atoms with Gasteiger partial charge in [0.1, 0.15) is 12.7 Å². The summed E-state index contributed by atoms with van der Waals surface area (Å²) >= 11 is 0. The standard InChI is InChI=1S/C21H40O4.C18H34O3/c1-2-3-4-5-6-7-8-9-10-11-12-13-14-15-16-17-21(24)25-19-20(23)18-22;1-2-3-4-11-14-17(19)15-12-9-7-5-6-8-10-13-16-18(20)21/h9-10,20,22-23H,2-8,11-19H2,1H3;9,12,17,19H,2-8,10-11,13-16H2,1H3,(H,20,21)/b10-9-;12-9-. The van der Waals surface area contributed by atoms with E-state index in [4.69, 9.17) is 20.1 Å². The lowest BCUT2D eigenvalue weighted by molar-refractivity contribution is -0.147. The molecule has 0 radical (unpaired) electrons. The van der Waals surface area contributed by atoms with Gasteiger partial charge in [-0.3, -0.25) is 9.59 Å². The van der Waals surface area contributed by atoms with Gasteiger partial charge < -0.3 is 25.2 Å². The van der Waals surface area contributed by atoms with Gasteiger partial charge in [0.05, 0.1) is 12.7 Å². The number of aliphatic hydroxyl groups excluding tert-OH is 3. The molecule has 0 aliphatic rings. The van der Waals surface area contributed by atoms with E-state index in [-0.39, 0.29) is 25.3 Å².